The average molecular weight is 206 g/mol. The van der Waals surface area contributed by atoms with Gasteiger partial charge in [0.1, 0.15) is 0 Å². The van der Waals surface area contributed by atoms with Crippen molar-refractivity contribution in [1.82, 2.24) is 4.90 Å². The van der Waals surface area contributed by atoms with Gasteiger partial charge in [0, 0.05) is 18.1 Å². The zero-order chi connectivity index (χ0) is 10.3. The molecule has 0 radical (unpaired) electrons. The molecule has 0 amide bonds. The van der Waals surface area contributed by atoms with Crippen LogP contribution in [0.15, 0.2) is 11.6 Å². The molecule has 0 heterocycles. The van der Waals surface area contributed by atoms with E-state index in [0.29, 0.717) is 6.54 Å². The highest BCUT2D eigenvalue weighted by Gasteiger charge is 2.13. The van der Waals surface area contributed by atoms with Crippen molar-refractivity contribution in [3.05, 3.63) is 11.6 Å². The number of nitrogens with zero attached hydrogens (tertiary/aromatic N) is 1. The van der Waals surface area contributed by atoms with Gasteiger partial charge in [0.15, 0.2) is 0 Å². The van der Waals surface area contributed by atoms with E-state index in [1.54, 1.807) is 6.08 Å². The molecule has 0 aromatic carbocycles. The molecule has 1 N–H and O–H groups in total. The first-order valence-electron chi connectivity index (χ1n) is 4.32. The number of carboxylic acid groups (broad SMARTS) is 1. The molecule has 76 valence electrons. The van der Waals surface area contributed by atoms with Crippen molar-refractivity contribution in [3.8, 4) is 0 Å². The highest BCUT2D eigenvalue weighted by Crippen LogP contribution is 2.03. The van der Waals surface area contributed by atoms with Gasteiger partial charge < -0.3 is 5.11 Å². The lowest BCUT2D eigenvalue weighted by atomic mass is 10.2. The highest BCUT2D eigenvalue weighted by molar-refractivity contribution is 6.25. The number of carboxylic acids is 1. The maximum atomic E-state index is 10.5. The molecule has 0 fully saturated rings. The molecule has 0 bridgehead atoms. The van der Waals surface area contributed by atoms with Crippen LogP contribution in [0.3, 0.4) is 0 Å². The van der Waals surface area contributed by atoms with Crippen molar-refractivity contribution in [2.24, 2.45) is 0 Å². The van der Waals surface area contributed by atoms with Crippen molar-refractivity contribution in [1.29, 1.82) is 0 Å². The Morgan fingerprint density at radius 1 is 1.69 bits per heavy atom. The molecule has 0 aromatic heterocycles. The quantitative estimate of drug-likeness (QED) is 0.721. The van der Waals surface area contributed by atoms with Gasteiger partial charge in [-0.1, -0.05) is 24.6 Å². The van der Waals surface area contributed by atoms with E-state index in [0.717, 1.165) is 6.42 Å². The third-order valence-corrected chi connectivity index (χ3v) is 2.16. The largest absolute Gasteiger partial charge is 0.480 e. The third kappa shape index (κ3) is 5.66. The Morgan fingerprint density at radius 3 is 2.69 bits per heavy atom. The van der Waals surface area contributed by atoms with Crippen LogP contribution in [0.4, 0.5) is 0 Å². The normalized spacial score (nSPS) is 13.8. The molecule has 3 nitrogen and oxygen atoms in total. The van der Waals surface area contributed by atoms with E-state index < -0.39 is 5.97 Å². The molecule has 0 aliphatic rings. The summed E-state index contributed by atoms with van der Waals surface area (Å²) in [6, 6.07) is 0.268. The van der Waals surface area contributed by atoms with Gasteiger partial charge in [0.05, 0.1) is 6.54 Å². The first-order chi connectivity index (χ1) is 6.11. The van der Waals surface area contributed by atoms with Crippen molar-refractivity contribution in [2.75, 3.05) is 13.1 Å². The lowest BCUT2D eigenvalue weighted by Gasteiger charge is -2.24. The van der Waals surface area contributed by atoms with Crippen LogP contribution in [0.5, 0.6) is 0 Å². The maximum absolute atomic E-state index is 10.5. The minimum atomic E-state index is -0.803. The van der Waals surface area contributed by atoms with Crippen molar-refractivity contribution in [2.45, 2.75) is 26.3 Å². The summed E-state index contributed by atoms with van der Waals surface area (Å²) >= 11 is 5.38. The van der Waals surface area contributed by atoms with Crippen molar-refractivity contribution >= 4 is 17.6 Å². The predicted molar refractivity (Wildman–Crippen MR) is 54.0 cm³/mol. The molecule has 1 atom stereocenters. The van der Waals surface area contributed by atoms with Crippen LogP contribution in [0, 0.1) is 0 Å². The first-order valence-corrected chi connectivity index (χ1v) is 4.76. The van der Waals surface area contributed by atoms with Gasteiger partial charge in [-0.25, -0.2) is 0 Å². The van der Waals surface area contributed by atoms with E-state index in [4.69, 9.17) is 16.7 Å². The van der Waals surface area contributed by atoms with Gasteiger partial charge in [-0.2, -0.15) is 0 Å². The third-order valence-electron chi connectivity index (χ3n) is 1.98. The second-order valence-electron chi connectivity index (χ2n) is 2.94. The molecule has 0 saturated carbocycles. The molecule has 4 heteroatoms. The summed E-state index contributed by atoms with van der Waals surface area (Å²) < 4.78 is 0. The van der Waals surface area contributed by atoms with Crippen LogP contribution < -0.4 is 0 Å². The van der Waals surface area contributed by atoms with Crippen LogP contribution >= 0.6 is 11.6 Å². The molecular formula is C9H16ClNO2. The van der Waals surface area contributed by atoms with Crippen molar-refractivity contribution in [3.63, 3.8) is 0 Å². The number of rotatable bonds is 6. The predicted octanol–water partition coefficient (Wildman–Crippen LogP) is 1.92. The smallest absolute Gasteiger partial charge is 0.317 e. The Balaban J connectivity index is 4.09. The second kappa shape index (κ2) is 6.92. The Kier molecular flexibility index (Phi) is 6.63. The van der Waals surface area contributed by atoms with E-state index >= 15 is 0 Å². The molecule has 0 aliphatic carbocycles. The SMILES string of the molecule is CCC(C)N(C/C=C/Cl)CC(=O)O. The fourth-order valence-electron chi connectivity index (χ4n) is 1.01. The lowest BCUT2D eigenvalue weighted by Crippen LogP contribution is -2.37. The minimum absolute atomic E-state index is 0.0657. The van der Waals surface area contributed by atoms with Crippen LogP contribution in [-0.2, 0) is 4.79 Å². The van der Waals surface area contributed by atoms with Crippen LogP contribution in [0.25, 0.3) is 0 Å². The van der Waals surface area contributed by atoms with Crippen LogP contribution in [-0.4, -0.2) is 35.1 Å². The molecule has 13 heavy (non-hydrogen) atoms. The van der Waals surface area contributed by atoms with Gasteiger partial charge in [-0.05, 0) is 13.3 Å². The fourth-order valence-corrected chi connectivity index (χ4v) is 1.09. The Bertz CT molecular complexity index is 182. The Labute approximate surface area is 84.0 Å². The summed E-state index contributed by atoms with van der Waals surface area (Å²) in [5.41, 5.74) is 1.41. The standard InChI is InChI=1S/C9H16ClNO2/c1-3-8(2)11(6-4-5-10)7-9(12)13/h4-5,8H,3,6-7H2,1-2H3,(H,12,13)/b5-4+. The zero-order valence-electron chi connectivity index (χ0n) is 8.03. The highest BCUT2D eigenvalue weighted by atomic mass is 35.5. The lowest BCUT2D eigenvalue weighted by molar-refractivity contribution is -0.138. The minimum Gasteiger partial charge on any atom is -0.480 e. The zero-order valence-corrected chi connectivity index (χ0v) is 8.79. The van der Waals surface area contributed by atoms with E-state index in [2.05, 4.69) is 0 Å². The number of carbonyl (C=O) groups is 1. The molecule has 0 aromatic rings. The molecule has 1 unspecified atom stereocenters. The summed E-state index contributed by atoms with van der Waals surface area (Å²) in [7, 11) is 0. The van der Waals surface area contributed by atoms with E-state index in [1.165, 1.54) is 5.54 Å². The second-order valence-corrected chi connectivity index (χ2v) is 3.19. The average Bonchev–Trinajstić information content (AvgIpc) is 2.10. The van der Waals surface area contributed by atoms with Crippen LogP contribution in [0.2, 0.25) is 0 Å². The summed E-state index contributed by atoms with van der Waals surface area (Å²) in [4.78, 5) is 12.4. The molecular weight excluding hydrogens is 190 g/mol. The first kappa shape index (κ1) is 12.5. The van der Waals surface area contributed by atoms with Crippen LogP contribution in [0.1, 0.15) is 20.3 Å². The number of aliphatic carboxylic acids is 1. The monoisotopic (exact) mass is 205 g/mol. The van der Waals surface area contributed by atoms with E-state index in [9.17, 15) is 4.79 Å². The summed E-state index contributed by atoms with van der Waals surface area (Å²) in [5.74, 6) is -0.803. The van der Waals surface area contributed by atoms with Crippen molar-refractivity contribution < 1.29 is 9.90 Å². The molecule has 0 rings (SSSR count). The summed E-state index contributed by atoms with van der Waals surface area (Å²) in [6.45, 7) is 4.69. The van der Waals surface area contributed by atoms with E-state index in [1.807, 2.05) is 18.7 Å². The van der Waals surface area contributed by atoms with Gasteiger partial charge in [-0.3, -0.25) is 9.69 Å². The number of halogens is 1. The summed E-state index contributed by atoms with van der Waals surface area (Å²) in [5, 5.41) is 8.63. The topological polar surface area (TPSA) is 40.5 Å². The fraction of sp³-hybridized carbons (Fsp3) is 0.667. The van der Waals surface area contributed by atoms with Gasteiger partial charge in [-0.15, -0.1) is 0 Å². The van der Waals surface area contributed by atoms with Gasteiger partial charge in [0.25, 0.3) is 0 Å². The maximum Gasteiger partial charge on any atom is 0.317 e. The molecule has 0 aliphatic heterocycles. The van der Waals surface area contributed by atoms with Gasteiger partial charge in [0.2, 0.25) is 0 Å². The summed E-state index contributed by atoms with van der Waals surface area (Å²) in [6.07, 6.45) is 2.68. The number of hydrogen-bond donors (Lipinski definition) is 1. The van der Waals surface area contributed by atoms with E-state index in [-0.39, 0.29) is 12.6 Å². The molecule has 0 spiro atoms. The van der Waals surface area contributed by atoms with Gasteiger partial charge >= 0.3 is 5.97 Å². The Morgan fingerprint density at radius 2 is 2.31 bits per heavy atom. The molecule has 0 saturated heterocycles. The number of hydrogen-bond acceptors (Lipinski definition) is 2. The Hall–Kier alpha value is -0.540.